The average molecular weight is 336 g/mol. The van der Waals surface area contributed by atoms with Crippen LogP contribution in [-0.2, 0) is 0 Å². The van der Waals surface area contributed by atoms with Gasteiger partial charge in [0.2, 0.25) is 0 Å². The molecule has 24 heavy (non-hydrogen) atoms. The number of nitrogens with two attached hydrogens (primary N) is 1. The third-order valence-corrected chi connectivity index (χ3v) is 4.14. The van der Waals surface area contributed by atoms with Crippen LogP contribution in [0.3, 0.4) is 0 Å². The highest BCUT2D eigenvalue weighted by Gasteiger charge is 2.16. The highest BCUT2D eigenvalue weighted by molar-refractivity contribution is 6.31. The normalized spacial score (nSPS) is 11.0. The number of hydrogen-bond acceptors (Lipinski definition) is 3. The first kappa shape index (κ1) is 14.6. The molecule has 0 unspecified atom stereocenters. The van der Waals surface area contributed by atoms with Crippen molar-refractivity contribution in [2.45, 2.75) is 0 Å². The number of aromatic nitrogens is 2. The fourth-order valence-corrected chi connectivity index (χ4v) is 3.00. The van der Waals surface area contributed by atoms with E-state index < -0.39 is 0 Å². The number of halogens is 1. The minimum Gasteiger partial charge on any atom is -0.507 e. The van der Waals surface area contributed by atoms with E-state index in [2.05, 4.69) is 9.97 Å². The van der Waals surface area contributed by atoms with Gasteiger partial charge in [0, 0.05) is 16.3 Å². The van der Waals surface area contributed by atoms with Gasteiger partial charge in [-0.1, -0.05) is 35.9 Å². The summed E-state index contributed by atoms with van der Waals surface area (Å²) in [5.41, 5.74) is 10.2. The third-order valence-electron chi connectivity index (χ3n) is 3.92. The van der Waals surface area contributed by atoms with Crippen LogP contribution in [0.4, 0.5) is 5.69 Å². The molecule has 1 heterocycles. The van der Waals surface area contributed by atoms with Crippen LogP contribution in [0.25, 0.3) is 33.5 Å². The molecule has 0 spiro atoms. The number of anilines is 1. The van der Waals surface area contributed by atoms with Crippen molar-refractivity contribution < 1.29 is 5.11 Å². The second kappa shape index (κ2) is 5.58. The predicted molar refractivity (Wildman–Crippen MR) is 98.1 cm³/mol. The van der Waals surface area contributed by atoms with Crippen LogP contribution in [0.5, 0.6) is 5.75 Å². The van der Waals surface area contributed by atoms with E-state index in [0.717, 1.165) is 16.6 Å². The maximum atomic E-state index is 10.8. The van der Waals surface area contributed by atoms with Crippen molar-refractivity contribution in [1.82, 2.24) is 9.97 Å². The summed E-state index contributed by atoms with van der Waals surface area (Å²) in [7, 11) is 0. The number of phenols is 1. The molecule has 4 nitrogen and oxygen atoms in total. The molecule has 1 aromatic heterocycles. The maximum Gasteiger partial charge on any atom is 0.142 e. The largest absolute Gasteiger partial charge is 0.507 e. The van der Waals surface area contributed by atoms with Crippen LogP contribution in [0.1, 0.15) is 0 Å². The highest BCUT2D eigenvalue weighted by atomic mass is 35.5. The number of fused-ring (bicyclic) bond motifs is 1. The van der Waals surface area contributed by atoms with E-state index in [1.807, 2.05) is 36.4 Å². The van der Waals surface area contributed by atoms with E-state index in [-0.39, 0.29) is 5.75 Å². The Morgan fingerprint density at radius 3 is 2.54 bits per heavy atom. The van der Waals surface area contributed by atoms with Crippen molar-refractivity contribution in [3.05, 3.63) is 65.7 Å². The van der Waals surface area contributed by atoms with Crippen molar-refractivity contribution >= 4 is 28.3 Å². The Labute approximate surface area is 143 Å². The summed E-state index contributed by atoms with van der Waals surface area (Å²) >= 11 is 6.28. The number of rotatable bonds is 2. The van der Waals surface area contributed by atoms with Crippen LogP contribution in [-0.4, -0.2) is 15.1 Å². The number of hydrogen-bond donors (Lipinski definition) is 3. The summed E-state index contributed by atoms with van der Waals surface area (Å²) in [6, 6.07) is 18.4. The maximum absolute atomic E-state index is 10.8. The lowest BCUT2D eigenvalue weighted by Gasteiger charge is -2.10. The van der Waals surface area contributed by atoms with Gasteiger partial charge in [-0.05, 0) is 42.0 Å². The van der Waals surface area contributed by atoms with Gasteiger partial charge >= 0.3 is 0 Å². The lowest BCUT2D eigenvalue weighted by atomic mass is 10.0. The lowest BCUT2D eigenvalue weighted by Crippen LogP contribution is -1.89. The summed E-state index contributed by atoms with van der Waals surface area (Å²) in [5, 5.41) is 11.3. The lowest BCUT2D eigenvalue weighted by molar-refractivity contribution is 0.479. The number of phenolic OH excluding ortho intramolecular Hbond substituents is 1. The smallest absolute Gasteiger partial charge is 0.142 e. The van der Waals surface area contributed by atoms with Gasteiger partial charge in [-0.25, -0.2) is 4.98 Å². The van der Waals surface area contributed by atoms with E-state index in [0.29, 0.717) is 27.7 Å². The average Bonchev–Trinajstić information content (AvgIpc) is 3.00. The molecule has 3 aromatic carbocycles. The molecule has 0 saturated carbocycles. The van der Waals surface area contributed by atoms with Gasteiger partial charge in [0.05, 0.1) is 16.6 Å². The number of para-hydroxylation sites is 2. The Morgan fingerprint density at radius 1 is 0.958 bits per heavy atom. The van der Waals surface area contributed by atoms with Gasteiger partial charge in [-0.2, -0.15) is 0 Å². The van der Waals surface area contributed by atoms with E-state index >= 15 is 0 Å². The summed E-state index contributed by atoms with van der Waals surface area (Å²) in [6.07, 6.45) is 0. The third kappa shape index (κ3) is 2.47. The topological polar surface area (TPSA) is 74.9 Å². The fraction of sp³-hybridized carbons (Fsp3) is 0. The molecular formula is C19H14ClN3O. The van der Waals surface area contributed by atoms with Gasteiger partial charge < -0.3 is 15.8 Å². The molecule has 0 radical (unpaired) electrons. The zero-order valence-corrected chi connectivity index (χ0v) is 13.4. The van der Waals surface area contributed by atoms with Crippen molar-refractivity contribution in [2.75, 3.05) is 5.73 Å². The fourth-order valence-electron chi connectivity index (χ4n) is 2.79. The molecular weight excluding hydrogens is 322 g/mol. The van der Waals surface area contributed by atoms with Crippen molar-refractivity contribution in [3.63, 3.8) is 0 Å². The molecule has 0 saturated heterocycles. The summed E-state index contributed by atoms with van der Waals surface area (Å²) in [6.45, 7) is 0. The first-order valence-corrected chi connectivity index (χ1v) is 7.83. The number of aromatic amines is 1. The van der Waals surface area contributed by atoms with Crippen LogP contribution >= 0.6 is 11.6 Å². The number of H-pyrrole nitrogens is 1. The predicted octanol–water partition coefficient (Wildman–Crippen LogP) is 4.84. The van der Waals surface area contributed by atoms with Gasteiger partial charge in [-0.15, -0.1) is 0 Å². The summed E-state index contributed by atoms with van der Waals surface area (Å²) in [5.74, 6) is 0.686. The molecule has 0 fully saturated rings. The van der Waals surface area contributed by atoms with Gasteiger partial charge in [-0.3, -0.25) is 0 Å². The minimum absolute atomic E-state index is 0.115. The van der Waals surface area contributed by atoms with Gasteiger partial charge in [0.1, 0.15) is 11.6 Å². The second-order valence-corrected chi connectivity index (χ2v) is 6.01. The number of aromatic hydroxyl groups is 1. The van der Waals surface area contributed by atoms with Crippen molar-refractivity contribution in [2.24, 2.45) is 0 Å². The Bertz CT molecular complexity index is 1020. The van der Waals surface area contributed by atoms with Gasteiger partial charge in [0.15, 0.2) is 0 Å². The van der Waals surface area contributed by atoms with Crippen LogP contribution in [0, 0.1) is 0 Å². The quantitative estimate of drug-likeness (QED) is 0.459. The molecule has 0 aliphatic carbocycles. The Hall–Kier alpha value is -2.98. The number of nitrogens with one attached hydrogen (secondary N) is 1. The van der Waals surface area contributed by atoms with E-state index in [4.69, 9.17) is 17.3 Å². The molecule has 4 N–H and O–H groups in total. The molecule has 4 rings (SSSR count). The first-order valence-electron chi connectivity index (χ1n) is 7.45. The zero-order chi connectivity index (χ0) is 16.7. The second-order valence-electron chi connectivity index (χ2n) is 5.58. The molecule has 0 atom stereocenters. The monoisotopic (exact) mass is 335 g/mol. The van der Waals surface area contributed by atoms with E-state index in [9.17, 15) is 5.11 Å². The molecule has 0 bridgehead atoms. The van der Waals surface area contributed by atoms with Crippen molar-refractivity contribution in [3.8, 4) is 28.3 Å². The Kier molecular flexibility index (Phi) is 3.40. The highest BCUT2D eigenvalue weighted by Crippen LogP contribution is 2.40. The van der Waals surface area contributed by atoms with E-state index in [1.165, 1.54) is 0 Å². The summed E-state index contributed by atoms with van der Waals surface area (Å²) in [4.78, 5) is 7.75. The number of imidazole rings is 1. The van der Waals surface area contributed by atoms with Crippen LogP contribution in [0.2, 0.25) is 5.02 Å². The van der Waals surface area contributed by atoms with E-state index in [1.54, 1.807) is 24.3 Å². The van der Waals surface area contributed by atoms with Crippen molar-refractivity contribution in [1.29, 1.82) is 0 Å². The number of benzene rings is 3. The Balaban J connectivity index is 1.93. The molecule has 0 aliphatic heterocycles. The van der Waals surface area contributed by atoms with Crippen LogP contribution in [0.15, 0.2) is 60.7 Å². The van der Waals surface area contributed by atoms with Gasteiger partial charge in [0.25, 0.3) is 0 Å². The SMILES string of the molecule is Nc1cccc(-c2cc(Cl)cc(-c3nc4ccccc4[nH]3)c2O)c1. The first-order chi connectivity index (χ1) is 11.6. The Morgan fingerprint density at radius 2 is 1.75 bits per heavy atom. The van der Waals surface area contributed by atoms with Crippen LogP contribution < -0.4 is 5.73 Å². The molecule has 0 aliphatic rings. The minimum atomic E-state index is 0.115. The molecule has 5 heteroatoms. The summed E-state index contributed by atoms with van der Waals surface area (Å²) < 4.78 is 0. The molecule has 0 amide bonds. The molecule has 118 valence electrons. The molecule has 4 aromatic rings. The zero-order valence-electron chi connectivity index (χ0n) is 12.6. The number of nitrogens with zero attached hydrogens (tertiary/aromatic N) is 1. The number of nitrogen functional groups attached to an aromatic ring is 1. The standard InChI is InChI=1S/C19H14ClN3O/c20-12-9-14(11-4-3-5-13(21)8-11)18(24)15(10-12)19-22-16-6-1-2-7-17(16)23-19/h1-10,24H,21H2,(H,22,23).